The second kappa shape index (κ2) is 2.91. The molecule has 0 aromatic carbocycles. The molecule has 0 fully saturated rings. The van der Waals surface area contributed by atoms with Gasteiger partial charge in [-0.3, -0.25) is 0 Å². The second-order valence-electron chi connectivity index (χ2n) is 1.61. The fourth-order valence-electron chi connectivity index (χ4n) is 0.480. The van der Waals surface area contributed by atoms with E-state index in [-0.39, 0.29) is 6.61 Å². The first kappa shape index (κ1) is 6.67. The quantitative estimate of drug-likeness (QED) is 0.623. The van der Waals surface area contributed by atoms with Gasteiger partial charge in [-0.25, -0.2) is 4.98 Å². The zero-order valence-electron chi connectivity index (χ0n) is 4.69. The molecule has 50 valence electrons. The van der Waals surface area contributed by atoms with E-state index in [0.29, 0.717) is 5.69 Å². The molecule has 0 radical (unpaired) electrons. The predicted octanol–water partition coefficient (Wildman–Crippen LogP) is 0.169. The van der Waals surface area contributed by atoms with E-state index in [2.05, 4.69) is 4.98 Å². The van der Waals surface area contributed by atoms with Gasteiger partial charge in [0.2, 0.25) is 0 Å². The summed E-state index contributed by atoms with van der Waals surface area (Å²) in [6, 6.07) is 0. The van der Waals surface area contributed by atoms with Crippen LogP contribution in [0.1, 0.15) is 11.8 Å². The lowest BCUT2D eigenvalue weighted by Crippen LogP contribution is -2.01. The Morgan fingerprint density at radius 2 is 2.56 bits per heavy atom. The van der Waals surface area contributed by atoms with Gasteiger partial charge >= 0.3 is 0 Å². The normalized spacial score (nSPS) is 13.6. The lowest BCUT2D eigenvalue weighted by Gasteiger charge is -1.99. The molecule has 3 nitrogen and oxygen atoms in total. The third-order valence-corrected chi connectivity index (χ3v) is 1.57. The van der Waals surface area contributed by atoms with Crippen LogP contribution >= 0.6 is 11.3 Å². The van der Waals surface area contributed by atoms with Gasteiger partial charge in [-0.15, -0.1) is 11.3 Å². The van der Waals surface area contributed by atoms with Crippen LogP contribution in [0.5, 0.6) is 0 Å². The lowest BCUT2D eigenvalue weighted by molar-refractivity contribution is 0.0927. The molecule has 0 aliphatic rings. The summed E-state index contributed by atoms with van der Waals surface area (Å²) in [5.74, 6) is 0. The third-order valence-electron chi connectivity index (χ3n) is 0.966. The van der Waals surface area contributed by atoms with Crippen molar-refractivity contribution in [3.63, 3.8) is 0 Å². The van der Waals surface area contributed by atoms with E-state index in [9.17, 15) is 0 Å². The molecule has 9 heavy (non-hydrogen) atoms. The van der Waals surface area contributed by atoms with Gasteiger partial charge in [-0.2, -0.15) is 0 Å². The van der Waals surface area contributed by atoms with Crippen molar-refractivity contribution in [2.24, 2.45) is 0 Å². The van der Waals surface area contributed by atoms with Crippen LogP contribution in [0.3, 0.4) is 0 Å². The summed E-state index contributed by atoms with van der Waals surface area (Å²) in [7, 11) is 0. The van der Waals surface area contributed by atoms with Gasteiger partial charge in [0.25, 0.3) is 0 Å². The number of aliphatic hydroxyl groups is 2. The molecular weight excluding hydrogens is 138 g/mol. The summed E-state index contributed by atoms with van der Waals surface area (Å²) < 4.78 is 0. The Labute approximate surface area is 56.6 Å². The Kier molecular flexibility index (Phi) is 2.16. The number of thiazole rings is 1. The molecule has 0 bridgehead atoms. The minimum Gasteiger partial charge on any atom is -0.393 e. The van der Waals surface area contributed by atoms with Crippen molar-refractivity contribution in [3.05, 3.63) is 16.6 Å². The second-order valence-corrected chi connectivity index (χ2v) is 2.33. The maximum absolute atomic E-state index is 8.91. The molecule has 0 spiro atoms. The fraction of sp³-hybridized carbons (Fsp3) is 0.400. The van der Waals surface area contributed by atoms with Crippen LogP contribution in [0.4, 0.5) is 0 Å². The van der Waals surface area contributed by atoms with Crippen LogP contribution in [-0.4, -0.2) is 21.8 Å². The molecular formula is C5H7NO2S. The number of aliphatic hydroxyl groups excluding tert-OH is 2. The first-order valence-electron chi connectivity index (χ1n) is 2.51. The van der Waals surface area contributed by atoms with Crippen molar-refractivity contribution in [1.29, 1.82) is 0 Å². The zero-order valence-corrected chi connectivity index (χ0v) is 5.51. The van der Waals surface area contributed by atoms with Crippen LogP contribution in [0, 0.1) is 0 Å². The summed E-state index contributed by atoms with van der Waals surface area (Å²) in [5, 5.41) is 19.0. The van der Waals surface area contributed by atoms with Crippen LogP contribution < -0.4 is 0 Å². The number of rotatable bonds is 2. The molecule has 2 N–H and O–H groups in total. The monoisotopic (exact) mass is 145 g/mol. The van der Waals surface area contributed by atoms with Gasteiger partial charge in [-0.05, 0) is 0 Å². The Morgan fingerprint density at radius 3 is 3.00 bits per heavy atom. The van der Waals surface area contributed by atoms with E-state index in [4.69, 9.17) is 10.2 Å². The fourth-order valence-corrected chi connectivity index (χ4v) is 1.08. The van der Waals surface area contributed by atoms with Crippen LogP contribution in [0.15, 0.2) is 10.9 Å². The summed E-state index contributed by atoms with van der Waals surface area (Å²) in [6.45, 7) is -0.260. The SMILES string of the molecule is OCC(O)c1cscn1. The van der Waals surface area contributed by atoms with Crippen molar-refractivity contribution in [3.8, 4) is 0 Å². The molecule has 1 rings (SSSR count). The molecule has 1 atom stereocenters. The largest absolute Gasteiger partial charge is 0.393 e. The van der Waals surface area contributed by atoms with Crippen molar-refractivity contribution in [2.45, 2.75) is 6.10 Å². The minimum absolute atomic E-state index is 0.260. The van der Waals surface area contributed by atoms with Gasteiger partial charge in [0.15, 0.2) is 0 Å². The van der Waals surface area contributed by atoms with E-state index in [1.807, 2.05) is 0 Å². The van der Waals surface area contributed by atoms with Crippen molar-refractivity contribution in [1.82, 2.24) is 4.98 Å². The van der Waals surface area contributed by atoms with Gasteiger partial charge in [0, 0.05) is 5.38 Å². The molecule has 0 saturated heterocycles. The average Bonchev–Trinajstić information content (AvgIpc) is 2.37. The molecule has 0 aliphatic heterocycles. The molecule has 4 heteroatoms. The molecule has 0 saturated carbocycles. The maximum atomic E-state index is 8.91. The molecule has 1 aromatic heterocycles. The zero-order chi connectivity index (χ0) is 6.69. The molecule has 1 aromatic rings. The van der Waals surface area contributed by atoms with Gasteiger partial charge < -0.3 is 10.2 Å². The van der Waals surface area contributed by atoms with Crippen LogP contribution in [-0.2, 0) is 0 Å². The first-order chi connectivity index (χ1) is 4.34. The topological polar surface area (TPSA) is 53.4 Å². The van der Waals surface area contributed by atoms with Gasteiger partial charge in [-0.1, -0.05) is 0 Å². The summed E-state index contributed by atoms with van der Waals surface area (Å²) in [4.78, 5) is 3.80. The Bertz CT molecular complexity index is 163. The van der Waals surface area contributed by atoms with E-state index < -0.39 is 6.10 Å². The standard InChI is InChI=1S/C5H7NO2S/c7-1-5(8)4-2-9-3-6-4/h2-3,5,7-8H,1H2. The number of hydrogen-bond donors (Lipinski definition) is 2. The van der Waals surface area contributed by atoms with Crippen molar-refractivity contribution >= 4 is 11.3 Å². The molecule has 0 aliphatic carbocycles. The predicted molar refractivity (Wildman–Crippen MR) is 34.2 cm³/mol. The minimum atomic E-state index is -0.809. The highest BCUT2D eigenvalue weighted by Crippen LogP contribution is 2.10. The third kappa shape index (κ3) is 1.48. The number of hydrogen-bond acceptors (Lipinski definition) is 4. The van der Waals surface area contributed by atoms with Gasteiger partial charge in [0.1, 0.15) is 6.10 Å². The van der Waals surface area contributed by atoms with E-state index in [1.54, 1.807) is 10.9 Å². The van der Waals surface area contributed by atoms with E-state index >= 15 is 0 Å². The van der Waals surface area contributed by atoms with Crippen molar-refractivity contribution in [2.75, 3.05) is 6.61 Å². The number of nitrogens with zero attached hydrogens (tertiary/aromatic N) is 1. The van der Waals surface area contributed by atoms with E-state index in [0.717, 1.165) is 0 Å². The highest BCUT2D eigenvalue weighted by atomic mass is 32.1. The van der Waals surface area contributed by atoms with Gasteiger partial charge in [0.05, 0.1) is 17.8 Å². The summed E-state index contributed by atoms with van der Waals surface area (Å²) >= 11 is 1.40. The lowest BCUT2D eigenvalue weighted by atomic mass is 10.3. The first-order valence-corrected chi connectivity index (χ1v) is 3.46. The van der Waals surface area contributed by atoms with Crippen LogP contribution in [0.25, 0.3) is 0 Å². The highest BCUT2D eigenvalue weighted by molar-refractivity contribution is 7.07. The van der Waals surface area contributed by atoms with E-state index in [1.165, 1.54) is 11.3 Å². The highest BCUT2D eigenvalue weighted by Gasteiger charge is 2.05. The van der Waals surface area contributed by atoms with Crippen molar-refractivity contribution < 1.29 is 10.2 Å². The Hall–Kier alpha value is -0.450. The summed E-state index contributed by atoms with van der Waals surface area (Å²) in [6.07, 6.45) is -0.809. The average molecular weight is 145 g/mol. The Balaban J connectivity index is 2.65. The summed E-state index contributed by atoms with van der Waals surface area (Å²) in [5.41, 5.74) is 2.16. The smallest absolute Gasteiger partial charge is 0.120 e. The molecule has 1 heterocycles. The Morgan fingerprint density at radius 1 is 1.78 bits per heavy atom. The molecule has 0 amide bonds. The van der Waals surface area contributed by atoms with Crippen LogP contribution in [0.2, 0.25) is 0 Å². The molecule has 1 unspecified atom stereocenters. The maximum Gasteiger partial charge on any atom is 0.120 e. The number of aromatic nitrogens is 1.